The topological polar surface area (TPSA) is 63.8 Å². The summed E-state index contributed by atoms with van der Waals surface area (Å²) in [4.78, 5) is 8.59. The van der Waals surface area contributed by atoms with E-state index in [2.05, 4.69) is 47.3 Å². The molecule has 4 heteroatoms. The Hall–Kier alpha value is -1.94. The summed E-state index contributed by atoms with van der Waals surface area (Å²) in [5.41, 5.74) is 9.38. The van der Waals surface area contributed by atoms with Crippen molar-refractivity contribution in [2.45, 2.75) is 26.8 Å². The van der Waals surface area contributed by atoms with Crippen molar-refractivity contribution in [2.24, 2.45) is 5.73 Å². The number of benzene rings is 1. The lowest BCUT2D eigenvalue weighted by atomic mass is 10.1. The third-order valence-electron chi connectivity index (χ3n) is 3.12. The van der Waals surface area contributed by atoms with E-state index in [1.807, 2.05) is 6.07 Å². The highest BCUT2D eigenvalue weighted by molar-refractivity contribution is 5.36. The second kappa shape index (κ2) is 6.29. The lowest BCUT2D eigenvalue weighted by Crippen LogP contribution is -2.08. The largest absolute Gasteiger partial charge is 0.366 e. The van der Waals surface area contributed by atoms with Crippen LogP contribution in [0.4, 0.5) is 5.82 Å². The quantitative estimate of drug-likeness (QED) is 0.861. The number of nitrogens with two attached hydrogens (primary N) is 1. The van der Waals surface area contributed by atoms with E-state index in [4.69, 9.17) is 5.73 Å². The van der Waals surface area contributed by atoms with Crippen LogP contribution in [0.2, 0.25) is 0 Å². The minimum Gasteiger partial charge on any atom is -0.366 e. The summed E-state index contributed by atoms with van der Waals surface area (Å²) in [5.74, 6) is 1.63. The molecule has 0 fully saturated rings. The molecule has 0 aliphatic carbocycles. The van der Waals surface area contributed by atoms with Crippen molar-refractivity contribution in [1.29, 1.82) is 0 Å². The maximum atomic E-state index is 5.51. The fraction of sp³-hybridized carbons (Fsp3) is 0.333. The van der Waals surface area contributed by atoms with Crippen molar-refractivity contribution < 1.29 is 0 Å². The molecule has 0 aliphatic rings. The van der Waals surface area contributed by atoms with E-state index in [0.717, 1.165) is 18.2 Å². The molecule has 0 aliphatic heterocycles. The maximum absolute atomic E-state index is 5.51. The second-order valence-corrected chi connectivity index (χ2v) is 4.67. The molecule has 4 nitrogen and oxygen atoms in total. The number of nitrogens with zero attached hydrogens (tertiary/aromatic N) is 2. The van der Waals surface area contributed by atoms with Crippen molar-refractivity contribution in [2.75, 3.05) is 11.9 Å². The van der Waals surface area contributed by atoms with Crippen LogP contribution in [-0.2, 0) is 13.0 Å². The Morgan fingerprint density at radius 2 is 2.00 bits per heavy atom. The summed E-state index contributed by atoms with van der Waals surface area (Å²) in [6.07, 6.45) is 2.47. The standard InChI is InChI=1S/C15H20N4/c1-11-3-4-13(9-12(11)2)10-18-15-6-8-17-14(19-15)5-7-16/h3-4,6,8-9H,5,7,10,16H2,1-2H3,(H,17,18,19). The molecule has 19 heavy (non-hydrogen) atoms. The van der Waals surface area contributed by atoms with Crippen LogP contribution >= 0.6 is 0 Å². The minimum atomic E-state index is 0.570. The van der Waals surface area contributed by atoms with Crippen LogP contribution in [0, 0.1) is 13.8 Å². The first-order chi connectivity index (χ1) is 9.19. The SMILES string of the molecule is Cc1ccc(CNc2ccnc(CCN)n2)cc1C. The van der Waals surface area contributed by atoms with Crippen LogP contribution in [0.1, 0.15) is 22.5 Å². The van der Waals surface area contributed by atoms with Gasteiger partial charge in [-0.15, -0.1) is 0 Å². The molecule has 0 spiro atoms. The van der Waals surface area contributed by atoms with Gasteiger partial charge in [0.15, 0.2) is 0 Å². The molecular formula is C15H20N4. The van der Waals surface area contributed by atoms with Gasteiger partial charge in [0.25, 0.3) is 0 Å². The molecule has 0 amide bonds. The summed E-state index contributed by atoms with van der Waals surface area (Å²) in [6.45, 7) is 5.58. The number of hydrogen-bond donors (Lipinski definition) is 2. The van der Waals surface area contributed by atoms with Crippen molar-refractivity contribution in [3.8, 4) is 0 Å². The summed E-state index contributed by atoms with van der Waals surface area (Å²) < 4.78 is 0. The first kappa shape index (κ1) is 13.5. The van der Waals surface area contributed by atoms with Crippen molar-refractivity contribution in [1.82, 2.24) is 9.97 Å². The van der Waals surface area contributed by atoms with Gasteiger partial charge >= 0.3 is 0 Å². The Morgan fingerprint density at radius 1 is 1.16 bits per heavy atom. The average Bonchev–Trinajstić information content (AvgIpc) is 2.41. The smallest absolute Gasteiger partial charge is 0.131 e. The van der Waals surface area contributed by atoms with E-state index in [-0.39, 0.29) is 0 Å². The van der Waals surface area contributed by atoms with Crippen molar-refractivity contribution in [3.05, 3.63) is 53.0 Å². The van der Waals surface area contributed by atoms with Crippen LogP contribution in [0.3, 0.4) is 0 Å². The third-order valence-corrected chi connectivity index (χ3v) is 3.12. The van der Waals surface area contributed by atoms with Crippen LogP contribution in [0.25, 0.3) is 0 Å². The number of aromatic nitrogens is 2. The molecule has 2 aromatic rings. The van der Waals surface area contributed by atoms with E-state index in [1.54, 1.807) is 6.20 Å². The molecular weight excluding hydrogens is 236 g/mol. The minimum absolute atomic E-state index is 0.570. The number of nitrogens with one attached hydrogen (secondary N) is 1. The summed E-state index contributed by atoms with van der Waals surface area (Å²) in [5, 5.41) is 3.31. The molecule has 100 valence electrons. The molecule has 0 atom stereocenters. The molecule has 0 saturated carbocycles. The molecule has 1 aromatic carbocycles. The fourth-order valence-electron chi connectivity index (χ4n) is 1.85. The van der Waals surface area contributed by atoms with E-state index in [0.29, 0.717) is 13.0 Å². The van der Waals surface area contributed by atoms with Gasteiger partial charge in [-0.25, -0.2) is 9.97 Å². The first-order valence-corrected chi connectivity index (χ1v) is 6.51. The first-order valence-electron chi connectivity index (χ1n) is 6.51. The zero-order valence-corrected chi connectivity index (χ0v) is 11.5. The Bertz CT molecular complexity index is 552. The Labute approximate surface area is 114 Å². The molecule has 0 bridgehead atoms. The Kier molecular flexibility index (Phi) is 4.47. The molecule has 0 radical (unpaired) electrons. The number of hydrogen-bond acceptors (Lipinski definition) is 4. The van der Waals surface area contributed by atoms with Crippen molar-refractivity contribution >= 4 is 5.82 Å². The third kappa shape index (κ3) is 3.76. The molecule has 2 rings (SSSR count). The lowest BCUT2D eigenvalue weighted by Gasteiger charge is -2.08. The van der Waals surface area contributed by atoms with E-state index < -0.39 is 0 Å². The van der Waals surface area contributed by atoms with Crippen LogP contribution in [0.15, 0.2) is 30.5 Å². The highest BCUT2D eigenvalue weighted by Gasteiger charge is 2.00. The average molecular weight is 256 g/mol. The molecule has 1 heterocycles. The van der Waals surface area contributed by atoms with Gasteiger partial charge in [-0.3, -0.25) is 0 Å². The van der Waals surface area contributed by atoms with E-state index in [1.165, 1.54) is 16.7 Å². The highest BCUT2D eigenvalue weighted by atomic mass is 15.0. The summed E-state index contributed by atoms with van der Waals surface area (Å²) >= 11 is 0. The van der Waals surface area contributed by atoms with Crippen molar-refractivity contribution in [3.63, 3.8) is 0 Å². The van der Waals surface area contributed by atoms with Gasteiger partial charge in [0.05, 0.1) is 0 Å². The zero-order valence-electron chi connectivity index (χ0n) is 11.5. The van der Waals surface area contributed by atoms with Gasteiger partial charge in [0, 0.05) is 19.2 Å². The number of aryl methyl sites for hydroxylation is 2. The van der Waals surface area contributed by atoms with Gasteiger partial charge in [0.1, 0.15) is 11.6 Å². The highest BCUT2D eigenvalue weighted by Crippen LogP contribution is 2.11. The normalized spacial score (nSPS) is 10.5. The zero-order chi connectivity index (χ0) is 13.7. The van der Waals surface area contributed by atoms with Gasteiger partial charge in [-0.05, 0) is 43.1 Å². The lowest BCUT2D eigenvalue weighted by molar-refractivity contribution is 0.865. The number of anilines is 1. The fourth-order valence-corrected chi connectivity index (χ4v) is 1.85. The predicted octanol–water partition coefficient (Wildman–Crippen LogP) is 2.21. The molecule has 1 aromatic heterocycles. The molecule has 0 unspecified atom stereocenters. The monoisotopic (exact) mass is 256 g/mol. The Morgan fingerprint density at radius 3 is 2.74 bits per heavy atom. The predicted molar refractivity (Wildman–Crippen MR) is 78.0 cm³/mol. The summed E-state index contributed by atoms with van der Waals surface area (Å²) in [6, 6.07) is 8.36. The van der Waals surface area contributed by atoms with Gasteiger partial charge in [0.2, 0.25) is 0 Å². The Balaban J connectivity index is 2.01. The van der Waals surface area contributed by atoms with E-state index >= 15 is 0 Å². The molecule has 3 N–H and O–H groups in total. The second-order valence-electron chi connectivity index (χ2n) is 4.67. The van der Waals surface area contributed by atoms with Crippen LogP contribution < -0.4 is 11.1 Å². The van der Waals surface area contributed by atoms with Crippen LogP contribution in [0.5, 0.6) is 0 Å². The van der Waals surface area contributed by atoms with E-state index in [9.17, 15) is 0 Å². The molecule has 0 saturated heterocycles. The maximum Gasteiger partial charge on any atom is 0.131 e. The van der Waals surface area contributed by atoms with Gasteiger partial charge < -0.3 is 11.1 Å². The number of rotatable bonds is 5. The van der Waals surface area contributed by atoms with Crippen LogP contribution in [-0.4, -0.2) is 16.5 Å². The van der Waals surface area contributed by atoms with Gasteiger partial charge in [-0.1, -0.05) is 18.2 Å². The van der Waals surface area contributed by atoms with Gasteiger partial charge in [-0.2, -0.15) is 0 Å². The summed E-state index contributed by atoms with van der Waals surface area (Å²) in [7, 11) is 0.